The lowest BCUT2D eigenvalue weighted by molar-refractivity contribution is -0.120. The van der Waals surface area contributed by atoms with Gasteiger partial charge >= 0.3 is 0 Å². The number of halogens is 2. The molecule has 6 heteroatoms. The topological polar surface area (TPSA) is 57.8 Å². The van der Waals surface area contributed by atoms with Crippen LogP contribution in [0.4, 0.5) is 0 Å². The molecule has 110 valence electrons. The molecule has 1 heterocycles. The van der Waals surface area contributed by atoms with Crippen molar-refractivity contribution in [1.29, 1.82) is 0 Å². The van der Waals surface area contributed by atoms with Crippen molar-refractivity contribution < 1.29 is 4.79 Å². The van der Waals surface area contributed by atoms with Crippen LogP contribution in [0, 0.1) is 5.92 Å². The van der Waals surface area contributed by atoms with E-state index in [2.05, 4.69) is 15.3 Å². The fourth-order valence-corrected chi connectivity index (χ4v) is 3.07. The predicted octanol–water partition coefficient (Wildman–Crippen LogP) is 3.18. The largest absolute Gasteiger partial charge is 0.355 e. The molecule has 4 nitrogen and oxygen atoms in total. The second-order valence-corrected chi connectivity index (χ2v) is 6.17. The third-order valence-electron chi connectivity index (χ3n) is 3.75. The maximum atomic E-state index is 11.8. The number of nitrogens with one attached hydrogen (secondary N) is 2. The van der Waals surface area contributed by atoms with Crippen LogP contribution in [0.5, 0.6) is 0 Å². The van der Waals surface area contributed by atoms with E-state index in [-0.39, 0.29) is 5.91 Å². The molecule has 21 heavy (non-hydrogen) atoms. The van der Waals surface area contributed by atoms with Gasteiger partial charge in [0, 0.05) is 28.5 Å². The number of hydrogen-bond donors (Lipinski definition) is 2. The minimum atomic E-state index is 0.00658. The average molecular weight is 324 g/mol. The summed E-state index contributed by atoms with van der Waals surface area (Å²) in [5.74, 6) is 0.878. The van der Waals surface area contributed by atoms with E-state index in [4.69, 9.17) is 23.2 Å². The number of aromatic nitrogens is 2. The van der Waals surface area contributed by atoms with Crippen LogP contribution in [-0.2, 0) is 11.2 Å². The standard InChI is InChI=1S/C15H15Cl2N3O/c16-10-1-2-12(14(17)4-10)13-3-9(13)6-19-15(21)5-11-7-18-8-20-11/h1-2,4,7-9,13H,3,5-6H2,(H,18,20)(H,19,21)/t9-,13+/m0/s1. The summed E-state index contributed by atoms with van der Waals surface area (Å²) in [6.07, 6.45) is 4.61. The molecule has 0 saturated heterocycles. The smallest absolute Gasteiger partial charge is 0.226 e. The number of H-pyrrole nitrogens is 1. The van der Waals surface area contributed by atoms with Gasteiger partial charge in [0.25, 0.3) is 0 Å². The molecule has 2 atom stereocenters. The predicted molar refractivity (Wildman–Crippen MR) is 82.6 cm³/mol. The van der Waals surface area contributed by atoms with E-state index >= 15 is 0 Å². The molecule has 0 aliphatic heterocycles. The van der Waals surface area contributed by atoms with E-state index in [0.717, 1.165) is 17.7 Å². The van der Waals surface area contributed by atoms with Crippen LogP contribution >= 0.6 is 23.2 Å². The zero-order chi connectivity index (χ0) is 14.8. The highest BCUT2D eigenvalue weighted by atomic mass is 35.5. The van der Waals surface area contributed by atoms with E-state index in [9.17, 15) is 4.79 Å². The maximum absolute atomic E-state index is 11.8. The molecule has 0 spiro atoms. The highest BCUT2D eigenvalue weighted by Crippen LogP contribution is 2.49. The Hall–Kier alpha value is -1.52. The Morgan fingerprint density at radius 2 is 2.29 bits per heavy atom. The Morgan fingerprint density at radius 1 is 1.43 bits per heavy atom. The van der Waals surface area contributed by atoms with Gasteiger partial charge in [0.1, 0.15) is 0 Å². The highest BCUT2D eigenvalue weighted by Gasteiger charge is 2.39. The quantitative estimate of drug-likeness (QED) is 0.887. The molecule has 0 unspecified atom stereocenters. The first kappa shape index (κ1) is 14.4. The summed E-state index contributed by atoms with van der Waals surface area (Å²) in [6.45, 7) is 0.677. The van der Waals surface area contributed by atoms with Crippen LogP contribution in [0.2, 0.25) is 10.0 Å². The molecule has 0 radical (unpaired) electrons. The maximum Gasteiger partial charge on any atom is 0.226 e. The summed E-state index contributed by atoms with van der Waals surface area (Å²) in [4.78, 5) is 18.6. The molecular weight excluding hydrogens is 309 g/mol. The Balaban J connectivity index is 1.49. The van der Waals surface area contributed by atoms with E-state index in [1.165, 1.54) is 0 Å². The number of imidazole rings is 1. The third-order valence-corrected chi connectivity index (χ3v) is 4.31. The number of benzene rings is 1. The summed E-state index contributed by atoms with van der Waals surface area (Å²) in [5.41, 5.74) is 1.94. The SMILES string of the molecule is O=C(Cc1cnc[nH]1)NC[C@@H]1C[C@H]1c1ccc(Cl)cc1Cl. The molecule has 1 saturated carbocycles. The van der Waals surface area contributed by atoms with Gasteiger partial charge in [-0.2, -0.15) is 0 Å². The van der Waals surface area contributed by atoms with Crippen LogP contribution in [0.25, 0.3) is 0 Å². The zero-order valence-electron chi connectivity index (χ0n) is 11.3. The second-order valence-electron chi connectivity index (χ2n) is 5.33. The average Bonchev–Trinajstić information content (AvgIpc) is 3.02. The van der Waals surface area contributed by atoms with Gasteiger partial charge in [0.2, 0.25) is 5.91 Å². The van der Waals surface area contributed by atoms with E-state index in [0.29, 0.717) is 34.8 Å². The highest BCUT2D eigenvalue weighted by molar-refractivity contribution is 6.35. The lowest BCUT2D eigenvalue weighted by Crippen LogP contribution is -2.27. The van der Waals surface area contributed by atoms with Crippen molar-refractivity contribution in [2.45, 2.75) is 18.8 Å². The van der Waals surface area contributed by atoms with Crippen molar-refractivity contribution in [2.75, 3.05) is 6.54 Å². The van der Waals surface area contributed by atoms with E-state index < -0.39 is 0 Å². The van der Waals surface area contributed by atoms with E-state index in [1.807, 2.05) is 12.1 Å². The van der Waals surface area contributed by atoms with Gasteiger partial charge in [-0.3, -0.25) is 4.79 Å². The normalized spacial score (nSPS) is 20.3. The van der Waals surface area contributed by atoms with Gasteiger partial charge in [-0.05, 0) is 36.0 Å². The van der Waals surface area contributed by atoms with Crippen molar-refractivity contribution in [2.24, 2.45) is 5.92 Å². The summed E-state index contributed by atoms with van der Waals surface area (Å²) >= 11 is 12.1. The molecule has 1 aromatic heterocycles. The minimum absolute atomic E-state index is 0.00658. The number of hydrogen-bond acceptors (Lipinski definition) is 2. The zero-order valence-corrected chi connectivity index (χ0v) is 12.8. The van der Waals surface area contributed by atoms with Crippen LogP contribution in [0.3, 0.4) is 0 Å². The Bertz CT molecular complexity index is 642. The fraction of sp³-hybridized carbons (Fsp3) is 0.333. The molecule has 1 aliphatic rings. The first-order chi connectivity index (χ1) is 10.1. The van der Waals surface area contributed by atoms with Gasteiger partial charge in [0.05, 0.1) is 12.7 Å². The van der Waals surface area contributed by atoms with Crippen molar-refractivity contribution in [3.63, 3.8) is 0 Å². The van der Waals surface area contributed by atoms with E-state index in [1.54, 1.807) is 18.6 Å². The molecule has 1 aliphatic carbocycles. The van der Waals surface area contributed by atoms with Crippen molar-refractivity contribution in [3.8, 4) is 0 Å². The number of aromatic amines is 1. The second kappa shape index (κ2) is 6.08. The summed E-state index contributed by atoms with van der Waals surface area (Å²) in [6, 6.07) is 5.60. The number of amides is 1. The van der Waals surface area contributed by atoms with Crippen LogP contribution in [-0.4, -0.2) is 22.4 Å². The van der Waals surface area contributed by atoms with Gasteiger partial charge in [-0.15, -0.1) is 0 Å². The summed E-state index contributed by atoms with van der Waals surface area (Å²) in [5, 5.41) is 4.31. The monoisotopic (exact) mass is 323 g/mol. The molecule has 1 aromatic carbocycles. The number of carbonyl (C=O) groups is 1. The lowest BCUT2D eigenvalue weighted by atomic mass is 10.1. The molecule has 1 fully saturated rings. The van der Waals surface area contributed by atoms with Crippen molar-refractivity contribution in [1.82, 2.24) is 15.3 Å². The van der Waals surface area contributed by atoms with Gasteiger partial charge in [-0.25, -0.2) is 4.98 Å². The van der Waals surface area contributed by atoms with Crippen LogP contribution in [0.15, 0.2) is 30.7 Å². The number of rotatable bonds is 5. The molecule has 3 rings (SSSR count). The summed E-state index contributed by atoms with van der Waals surface area (Å²) < 4.78 is 0. The molecule has 2 aromatic rings. The fourth-order valence-electron chi connectivity index (χ4n) is 2.52. The minimum Gasteiger partial charge on any atom is -0.355 e. The first-order valence-electron chi connectivity index (χ1n) is 6.82. The third kappa shape index (κ3) is 3.57. The van der Waals surface area contributed by atoms with Crippen molar-refractivity contribution >= 4 is 29.1 Å². The molecule has 1 amide bonds. The van der Waals surface area contributed by atoms with Gasteiger partial charge in [0.15, 0.2) is 0 Å². The molecular formula is C15H15Cl2N3O. The number of nitrogens with zero attached hydrogens (tertiary/aromatic N) is 1. The van der Waals surface area contributed by atoms with Gasteiger partial charge in [-0.1, -0.05) is 29.3 Å². The Labute approximate surface area is 132 Å². The Kier molecular flexibility index (Phi) is 4.17. The first-order valence-corrected chi connectivity index (χ1v) is 7.58. The van der Waals surface area contributed by atoms with Gasteiger partial charge < -0.3 is 10.3 Å². The lowest BCUT2D eigenvalue weighted by Gasteiger charge is -2.06. The number of carbonyl (C=O) groups excluding carboxylic acids is 1. The van der Waals surface area contributed by atoms with Crippen LogP contribution in [0.1, 0.15) is 23.6 Å². The molecule has 2 N–H and O–H groups in total. The van der Waals surface area contributed by atoms with Crippen LogP contribution < -0.4 is 5.32 Å². The van der Waals surface area contributed by atoms with Crippen molar-refractivity contribution in [3.05, 3.63) is 52.0 Å². The Morgan fingerprint density at radius 3 is 3.00 bits per heavy atom. The summed E-state index contributed by atoms with van der Waals surface area (Å²) in [7, 11) is 0. The molecule has 0 bridgehead atoms.